The Balaban J connectivity index is 2.46. The van der Waals surface area contributed by atoms with Gasteiger partial charge in [-0.05, 0) is 5.56 Å². The molecule has 0 amide bonds. The van der Waals surface area contributed by atoms with E-state index in [1.807, 2.05) is 30.3 Å². The van der Waals surface area contributed by atoms with Crippen LogP contribution in [-0.4, -0.2) is 4.98 Å². The van der Waals surface area contributed by atoms with Crippen molar-refractivity contribution in [1.82, 2.24) is 4.98 Å². The number of rotatable bonds is 2. The fourth-order valence-electron chi connectivity index (χ4n) is 1.26. The van der Waals surface area contributed by atoms with Gasteiger partial charge in [0.25, 0.3) is 0 Å². The molecule has 0 aliphatic carbocycles. The molecule has 0 unspecified atom stereocenters. The van der Waals surface area contributed by atoms with Gasteiger partial charge >= 0.3 is 0 Å². The second-order valence-corrected chi connectivity index (χ2v) is 3.98. The molecule has 72 valence electrons. The van der Waals surface area contributed by atoms with E-state index in [4.69, 9.17) is 11.5 Å². The van der Waals surface area contributed by atoms with Crippen molar-refractivity contribution in [3.8, 4) is 10.4 Å². The lowest BCUT2D eigenvalue weighted by Gasteiger charge is -1.95. The SMILES string of the molecule is NCc1nc(N)c(-c2ccccc2)s1. The van der Waals surface area contributed by atoms with Crippen molar-refractivity contribution in [1.29, 1.82) is 0 Å². The lowest BCUT2D eigenvalue weighted by Crippen LogP contribution is -1.95. The van der Waals surface area contributed by atoms with E-state index in [0.717, 1.165) is 15.4 Å². The second-order valence-electron chi connectivity index (χ2n) is 2.89. The van der Waals surface area contributed by atoms with Gasteiger partial charge in [-0.2, -0.15) is 0 Å². The van der Waals surface area contributed by atoms with E-state index >= 15 is 0 Å². The van der Waals surface area contributed by atoms with Crippen LogP contribution in [0.15, 0.2) is 30.3 Å². The van der Waals surface area contributed by atoms with Crippen LogP contribution in [-0.2, 0) is 6.54 Å². The first kappa shape index (κ1) is 9.18. The number of thiazole rings is 1. The predicted molar refractivity (Wildman–Crippen MR) is 59.9 cm³/mol. The molecule has 0 radical (unpaired) electrons. The molecule has 4 N–H and O–H groups in total. The summed E-state index contributed by atoms with van der Waals surface area (Å²) in [5, 5.41) is 0.876. The van der Waals surface area contributed by atoms with Gasteiger partial charge in [-0.1, -0.05) is 30.3 Å². The zero-order valence-corrected chi connectivity index (χ0v) is 8.42. The lowest BCUT2D eigenvalue weighted by molar-refractivity contribution is 1.04. The van der Waals surface area contributed by atoms with Crippen molar-refractivity contribution < 1.29 is 0 Å². The van der Waals surface area contributed by atoms with Gasteiger partial charge in [-0.3, -0.25) is 0 Å². The van der Waals surface area contributed by atoms with Crippen LogP contribution in [0.4, 0.5) is 5.82 Å². The van der Waals surface area contributed by atoms with Crippen molar-refractivity contribution in [2.24, 2.45) is 5.73 Å². The fraction of sp³-hybridized carbons (Fsp3) is 0.100. The minimum absolute atomic E-state index is 0.446. The summed E-state index contributed by atoms with van der Waals surface area (Å²) < 4.78 is 0. The Morgan fingerprint density at radius 2 is 1.93 bits per heavy atom. The fourth-order valence-corrected chi connectivity index (χ4v) is 2.13. The highest BCUT2D eigenvalue weighted by atomic mass is 32.1. The number of anilines is 1. The van der Waals surface area contributed by atoms with E-state index in [9.17, 15) is 0 Å². The molecule has 2 rings (SSSR count). The normalized spacial score (nSPS) is 10.4. The maximum atomic E-state index is 5.79. The van der Waals surface area contributed by atoms with Gasteiger partial charge < -0.3 is 11.5 Å². The van der Waals surface area contributed by atoms with Crippen LogP contribution in [0.3, 0.4) is 0 Å². The highest BCUT2D eigenvalue weighted by Crippen LogP contribution is 2.31. The number of benzene rings is 1. The first-order chi connectivity index (χ1) is 6.81. The maximum Gasteiger partial charge on any atom is 0.142 e. The standard InChI is InChI=1S/C10H11N3S/c11-6-8-13-10(12)9(14-8)7-4-2-1-3-5-7/h1-5H,6,11-12H2. The van der Waals surface area contributed by atoms with Crippen molar-refractivity contribution in [2.45, 2.75) is 6.54 Å². The van der Waals surface area contributed by atoms with Gasteiger partial charge in [-0.25, -0.2) is 4.98 Å². The summed E-state index contributed by atoms with van der Waals surface area (Å²) in [6.45, 7) is 0.446. The third kappa shape index (κ3) is 1.62. The molecule has 14 heavy (non-hydrogen) atoms. The molecule has 0 aliphatic heterocycles. The third-order valence-electron chi connectivity index (χ3n) is 1.91. The molecule has 1 aromatic heterocycles. The minimum atomic E-state index is 0.446. The van der Waals surface area contributed by atoms with Crippen molar-refractivity contribution in [2.75, 3.05) is 5.73 Å². The third-order valence-corrected chi connectivity index (χ3v) is 3.05. The molecule has 1 aromatic carbocycles. The van der Waals surface area contributed by atoms with Crippen molar-refractivity contribution in [3.63, 3.8) is 0 Å². The summed E-state index contributed by atoms with van der Waals surface area (Å²) >= 11 is 1.55. The highest BCUT2D eigenvalue weighted by molar-refractivity contribution is 7.15. The number of hydrogen-bond donors (Lipinski definition) is 2. The molecule has 0 aliphatic rings. The smallest absolute Gasteiger partial charge is 0.142 e. The molecule has 3 nitrogen and oxygen atoms in total. The Morgan fingerprint density at radius 1 is 1.21 bits per heavy atom. The summed E-state index contributed by atoms with van der Waals surface area (Å²) in [5.41, 5.74) is 12.4. The molecule has 0 fully saturated rings. The quantitative estimate of drug-likeness (QED) is 0.786. The van der Waals surface area contributed by atoms with E-state index in [0.29, 0.717) is 12.4 Å². The summed E-state index contributed by atoms with van der Waals surface area (Å²) in [6, 6.07) is 9.98. The Bertz CT molecular complexity index is 422. The molecule has 1 heterocycles. The van der Waals surface area contributed by atoms with Crippen molar-refractivity contribution >= 4 is 17.2 Å². The Kier molecular flexibility index (Phi) is 2.47. The topological polar surface area (TPSA) is 64.9 Å². The van der Waals surface area contributed by atoms with E-state index in [1.54, 1.807) is 11.3 Å². The summed E-state index contributed by atoms with van der Waals surface area (Å²) in [4.78, 5) is 5.18. The zero-order chi connectivity index (χ0) is 9.97. The molecule has 0 atom stereocenters. The average Bonchev–Trinajstić information content (AvgIpc) is 2.61. The molecule has 0 saturated heterocycles. The van der Waals surface area contributed by atoms with Crippen LogP contribution in [0.5, 0.6) is 0 Å². The molecule has 4 heteroatoms. The largest absolute Gasteiger partial charge is 0.382 e. The first-order valence-electron chi connectivity index (χ1n) is 4.32. The van der Waals surface area contributed by atoms with Crippen LogP contribution in [0, 0.1) is 0 Å². The van der Waals surface area contributed by atoms with E-state index in [2.05, 4.69) is 4.98 Å². The van der Waals surface area contributed by atoms with Gasteiger partial charge in [0.2, 0.25) is 0 Å². The Labute approximate surface area is 86.4 Å². The molecule has 0 spiro atoms. The van der Waals surface area contributed by atoms with Gasteiger partial charge in [0.1, 0.15) is 10.8 Å². The lowest BCUT2D eigenvalue weighted by atomic mass is 10.2. The van der Waals surface area contributed by atoms with E-state index in [1.165, 1.54) is 0 Å². The molecule has 0 bridgehead atoms. The minimum Gasteiger partial charge on any atom is -0.382 e. The Morgan fingerprint density at radius 3 is 2.50 bits per heavy atom. The summed E-state index contributed by atoms with van der Waals surface area (Å²) in [6.07, 6.45) is 0. The van der Waals surface area contributed by atoms with Gasteiger partial charge in [-0.15, -0.1) is 11.3 Å². The number of nitrogens with two attached hydrogens (primary N) is 2. The summed E-state index contributed by atoms with van der Waals surface area (Å²) in [5.74, 6) is 0.571. The van der Waals surface area contributed by atoms with Crippen LogP contribution >= 0.6 is 11.3 Å². The van der Waals surface area contributed by atoms with Gasteiger partial charge in [0.15, 0.2) is 0 Å². The number of nitrogen functional groups attached to an aromatic ring is 1. The van der Waals surface area contributed by atoms with Crippen molar-refractivity contribution in [3.05, 3.63) is 35.3 Å². The van der Waals surface area contributed by atoms with Crippen LogP contribution in [0.2, 0.25) is 0 Å². The maximum absolute atomic E-state index is 5.79. The molecule has 0 saturated carbocycles. The van der Waals surface area contributed by atoms with Crippen LogP contribution < -0.4 is 11.5 Å². The number of hydrogen-bond acceptors (Lipinski definition) is 4. The molecule has 2 aromatic rings. The van der Waals surface area contributed by atoms with Crippen LogP contribution in [0.25, 0.3) is 10.4 Å². The highest BCUT2D eigenvalue weighted by Gasteiger charge is 2.08. The molecular formula is C10H11N3S. The van der Waals surface area contributed by atoms with Gasteiger partial charge in [0.05, 0.1) is 4.88 Å². The number of aromatic nitrogens is 1. The van der Waals surface area contributed by atoms with Gasteiger partial charge in [0, 0.05) is 6.54 Å². The zero-order valence-electron chi connectivity index (χ0n) is 7.60. The van der Waals surface area contributed by atoms with Crippen LogP contribution in [0.1, 0.15) is 5.01 Å². The molecular weight excluding hydrogens is 194 g/mol. The summed E-state index contributed by atoms with van der Waals surface area (Å²) in [7, 11) is 0. The number of nitrogens with zero attached hydrogens (tertiary/aromatic N) is 1. The monoisotopic (exact) mass is 205 g/mol. The second kappa shape index (κ2) is 3.77. The van der Waals surface area contributed by atoms with E-state index < -0.39 is 0 Å². The predicted octanol–water partition coefficient (Wildman–Crippen LogP) is 1.85. The first-order valence-corrected chi connectivity index (χ1v) is 5.13. The average molecular weight is 205 g/mol. The Hall–Kier alpha value is -1.39. The van der Waals surface area contributed by atoms with E-state index in [-0.39, 0.29) is 0 Å².